The first kappa shape index (κ1) is 24.8. The minimum Gasteiger partial charge on any atom is -0.479 e. The average Bonchev–Trinajstić information content (AvgIpc) is 3.43. The van der Waals surface area contributed by atoms with Gasteiger partial charge in [0.15, 0.2) is 11.8 Å². The molecule has 1 aromatic carbocycles. The number of carbonyl (C=O) groups excluding carboxylic acids is 1. The summed E-state index contributed by atoms with van der Waals surface area (Å²) >= 11 is 12.4. The number of halogens is 5. The number of imidazole rings is 1. The van der Waals surface area contributed by atoms with E-state index in [-0.39, 0.29) is 39.7 Å². The zero-order valence-corrected chi connectivity index (χ0v) is 20.0. The molecule has 0 aliphatic rings. The highest BCUT2D eigenvalue weighted by Crippen LogP contribution is 2.35. The number of esters is 1. The van der Waals surface area contributed by atoms with Crippen LogP contribution in [0.2, 0.25) is 10.0 Å². The Kier molecular flexibility index (Phi) is 6.65. The summed E-state index contributed by atoms with van der Waals surface area (Å²) in [6.45, 7) is 5.23. The third kappa shape index (κ3) is 5.06. The van der Waals surface area contributed by atoms with Gasteiger partial charge in [0.1, 0.15) is 11.4 Å². The molecule has 4 rings (SSSR count). The van der Waals surface area contributed by atoms with E-state index in [1.54, 1.807) is 26.8 Å². The van der Waals surface area contributed by atoms with Crippen molar-refractivity contribution in [3.8, 4) is 28.7 Å². The number of rotatable bonds is 6. The van der Waals surface area contributed by atoms with Crippen molar-refractivity contribution in [3.63, 3.8) is 0 Å². The molecule has 8 nitrogen and oxygen atoms in total. The second kappa shape index (κ2) is 9.38. The van der Waals surface area contributed by atoms with Gasteiger partial charge < -0.3 is 18.4 Å². The number of carbonyl (C=O) groups is 1. The van der Waals surface area contributed by atoms with Gasteiger partial charge in [0.05, 0.1) is 22.2 Å². The molecule has 3 heterocycles. The van der Waals surface area contributed by atoms with Crippen LogP contribution in [0.4, 0.5) is 13.2 Å². The highest BCUT2D eigenvalue weighted by molar-refractivity contribution is 6.33. The minimum atomic E-state index is -4.57. The molecule has 1 atom stereocenters. The largest absolute Gasteiger partial charge is 0.479 e. The van der Waals surface area contributed by atoms with Gasteiger partial charge in [0, 0.05) is 18.0 Å². The lowest BCUT2D eigenvalue weighted by molar-refractivity contribution is -0.150. The monoisotopic (exact) mass is 528 g/mol. The molecule has 0 spiro atoms. The highest BCUT2D eigenvalue weighted by atomic mass is 35.5. The molecule has 35 heavy (non-hydrogen) atoms. The summed E-state index contributed by atoms with van der Waals surface area (Å²) in [5.41, 5.74) is 0.358. The van der Waals surface area contributed by atoms with Crippen molar-refractivity contribution in [3.05, 3.63) is 51.8 Å². The van der Waals surface area contributed by atoms with Gasteiger partial charge in [-0.25, -0.2) is 9.78 Å². The first-order valence-electron chi connectivity index (χ1n) is 10.2. The molecule has 13 heteroatoms. The second-order valence-corrected chi connectivity index (χ2v) is 8.28. The zero-order chi connectivity index (χ0) is 25.5. The van der Waals surface area contributed by atoms with Crippen LogP contribution >= 0.6 is 23.2 Å². The standard InChI is InChI=1S/C22H17Cl2F3N4O4/c1-4-33-21(32)11(3)34-17-7-14(23)13(5-10(17)2)18-29-20(35-30-18)16-9-31-8-12(22(25,26)27)6-15(24)19(31)28-16/h5-9,11H,4H2,1-3H3. The predicted molar refractivity (Wildman–Crippen MR) is 120 cm³/mol. The predicted octanol–water partition coefficient (Wildman–Crippen LogP) is 6.02. The molecule has 0 aliphatic heterocycles. The van der Waals surface area contributed by atoms with Crippen molar-refractivity contribution in [2.24, 2.45) is 0 Å². The van der Waals surface area contributed by atoms with Crippen LogP contribution in [-0.2, 0) is 15.7 Å². The molecule has 0 bridgehead atoms. The third-order valence-electron chi connectivity index (χ3n) is 4.91. The van der Waals surface area contributed by atoms with Crippen LogP contribution < -0.4 is 4.74 Å². The van der Waals surface area contributed by atoms with Crippen LogP contribution in [0.25, 0.3) is 28.6 Å². The average molecular weight is 529 g/mol. The van der Waals surface area contributed by atoms with Crippen LogP contribution in [0.3, 0.4) is 0 Å². The lowest BCUT2D eigenvalue weighted by Gasteiger charge is -2.16. The Bertz CT molecular complexity index is 1420. The van der Waals surface area contributed by atoms with Crippen LogP contribution in [0.1, 0.15) is 25.0 Å². The highest BCUT2D eigenvalue weighted by Gasteiger charge is 2.32. The molecular weight excluding hydrogens is 512 g/mol. The lowest BCUT2D eigenvalue weighted by atomic mass is 10.1. The van der Waals surface area contributed by atoms with Crippen molar-refractivity contribution in [1.82, 2.24) is 19.5 Å². The maximum Gasteiger partial charge on any atom is 0.417 e. The van der Waals surface area contributed by atoms with Crippen molar-refractivity contribution < 1.29 is 32.0 Å². The molecular formula is C22H17Cl2F3N4O4. The van der Waals surface area contributed by atoms with Gasteiger partial charge in [-0.15, -0.1) is 0 Å². The maximum atomic E-state index is 13.1. The lowest BCUT2D eigenvalue weighted by Crippen LogP contribution is -2.26. The summed E-state index contributed by atoms with van der Waals surface area (Å²) in [7, 11) is 0. The molecule has 0 radical (unpaired) electrons. The molecule has 0 amide bonds. The Morgan fingerprint density at radius 1 is 1.17 bits per heavy atom. The fourth-order valence-corrected chi connectivity index (χ4v) is 3.71. The van der Waals surface area contributed by atoms with Crippen LogP contribution in [0.5, 0.6) is 5.75 Å². The van der Waals surface area contributed by atoms with Crippen molar-refractivity contribution >= 4 is 34.8 Å². The molecule has 184 valence electrons. The third-order valence-corrected chi connectivity index (χ3v) is 5.50. The number of hydrogen-bond acceptors (Lipinski definition) is 7. The topological polar surface area (TPSA) is 91.8 Å². The number of aromatic nitrogens is 4. The smallest absolute Gasteiger partial charge is 0.417 e. The Balaban J connectivity index is 1.63. The first-order valence-corrected chi connectivity index (χ1v) is 11.0. The SMILES string of the molecule is CCOC(=O)C(C)Oc1cc(Cl)c(-c2noc(-c3cn4cc(C(F)(F)F)cc(Cl)c4n3)n2)cc1C. The number of hydrogen-bond donors (Lipinski definition) is 0. The summed E-state index contributed by atoms with van der Waals surface area (Å²) in [5.74, 6) is -0.0566. The van der Waals surface area contributed by atoms with E-state index in [0.717, 1.165) is 16.7 Å². The van der Waals surface area contributed by atoms with E-state index in [0.29, 0.717) is 16.9 Å². The first-order chi connectivity index (χ1) is 16.5. The summed E-state index contributed by atoms with van der Waals surface area (Å²) in [5, 5.41) is 3.95. The molecule has 0 N–H and O–H groups in total. The van der Waals surface area contributed by atoms with Gasteiger partial charge in [-0.3, -0.25) is 0 Å². The normalized spacial score (nSPS) is 12.7. The number of alkyl halides is 3. The van der Waals surface area contributed by atoms with Crippen molar-refractivity contribution in [2.45, 2.75) is 33.1 Å². The number of pyridine rings is 1. The van der Waals surface area contributed by atoms with Crippen LogP contribution in [0, 0.1) is 6.92 Å². The van der Waals surface area contributed by atoms with Gasteiger partial charge >= 0.3 is 12.1 Å². The number of benzene rings is 1. The molecule has 0 fully saturated rings. The molecule has 1 unspecified atom stereocenters. The van der Waals surface area contributed by atoms with E-state index >= 15 is 0 Å². The molecule has 0 saturated carbocycles. The Labute approximate surface area is 206 Å². The zero-order valence-electron chi connectivity index (χ0n) is 18.5. The summed E-state index contributed by atoms with van der Waals surface area (Å²) < 4.78 is 56.2. The van der Waals surface area contributed by atoms with Crippen molar-refractivity contribution in [2.75, 3.05) is 6.61 Å². The summed E-state index contributed by atoms with van der Waals surface area (Å²) in [6.07, 6.45) is -3.25. The van der Waals surface area contributed by atoms with E-state index in [9.17, 15) is 18.0 Å². The number of nitrogens with zero attached hydrogens (tertiary/aromatic N) is 4. The van der Waals surface area contributed by atoms with Crippen LogP contribution in [0.15, 0.2) is 35.1 Å². The van der Waals surface area contributed by atoms with Gasteiger partial charge in [-0.2, -0.15) is 18.2 Å². The molecule has 4 aromatic rings. The van der Waals surface area contributed by atoms with Gasteiger partial charge in [-0.05, 0) is 44.5 Å². The van der Waals surface area contributed by atoms with Gasteiger partial charge in [0.25, 0.3) is 5.89 Å². The molecule has 3 aromatic heterocycles. The fourth-order valence-electron chi connectivity index (χ4n) is 3.21. The van der Waals surface area contributed by atoms with Gasteiger partial charge in [-0.1, -0.05) is 28.4 Å². The number of fused-ring (bicyclic) bond motifs is 1. The number of ether oxygens (including phenoxy) is 2. The van der Waals surface area contributed by atoms with Crippen LogP contribution in [-0.4, -0.2) is 38.2 Å². The van der Waals surface area contributed by atoms with E-state index in [1.807, 2.05) is 0 Å². The quantitative estimate of drug-likeness (QED) is 0.282. The molecule has 0 aliphatic carbocycles. The maximum absolute atomic E-state index is 13.1. The van der Waals surface area contributed by atoms with E-state index in [2.05, 4.69) is 15.1 Å². The Morgan fingerprint density at radius 2 is 1.91 bits per heavy atom. The fraction of sp³-hybridized carbons (Fsp3) is 0.273. The number of aryl methyl sites for hydroxylation is 1. The minimum absolute atomic E-state index is 0.0432. The summed E-state index contributed by atoms with van der Waals surface area (Å²) in [6, 6.07) is 3.96. The Morgan fingerprint density at radius 3 is 2.60 bits per heavy atom. The summed E-state index contributed by atoms with van der Waals surface area (Å²) in [4.78, 5) is 20.3. The van der Waals surface area contributed by atoms with E-state index in [4.69, 9.17) is 37.2 Å². The van der Waals surface area contributed by atoms with Gasteiger partial charge in [0.2, 0.25) is 5.82 Å². The molecule has 0 saturated heterocycles. The van der Waals surface area contributed by atoms with E-state index in [1.165, 1.54) is 12.3 Å². The van der Waals surface area contributed by atoms with E-state index < -0.39 is 23.8 Å². The Hall–Kier alpha value is -3.31. The van der Waals surface area contributed by atoms with Crippen molar-refractivity contribution in [1.29, 1.82) is 0 Å². The second-order valence-electron chi connectivity index (χ2n) is 7.46.